The molecule has 0 fully saturated rings. The van der Waals surface area contributed by atoms with Crippen LogP contribution in [0.2, 0.25) is 0 Å². The first-order valence-corrected chi connectivity index (χ1v) is 5.28. The standard InChI is InChI=1S/C12H12N4O/c1-13-7-8-16-9-11(14-15-16)10-17-12-5-3-2-4-6-12/h2-6,9H,7-8,10H2. The van der Waals surface area contributed by atoms with Crippen molar-refractivity contribution >= 4 is 0 Å². The van der Waals surface area contributed by atoms with Gasteiger partial charge in [0, 0.05) is 0 Å². The number of rotatable bonds is 5. The Balaban J connectivity index is 1.87. The normalized spacial score (nSPS) is 9.82. The van der Waals surface area contributed by atoms with E-state index in [1.807, 2.05) is 30.3 Å². The van der Waals surface area contributed by atoms with E-state index in [-0.39, 0.29) is 0 Å². The summed E-state index contributed by atoms with van der Waals surface area (Å²) in [4.78, 5) is 3.26. The second-order valence-electron chi connectivity index (χ2n) is 3.46. The molecule has 0 radical (unpaired) electrons. The van der Waals surface area contributed by atoms with Crippen molar-refractivity contribution in [2.75, 3.05) is 6.54 Å². The van der Waals surface area contributed by atoms with Gasteiger partial charge in [-0.1, -0.05) is 23.4 Å². The number of benzene rings is 1. The summed E-state index contributed by atoms with van der Waals surface area (Å²) in [5, 5.41) is 7.88. The van der Waals surface area contributed by atoms with Gasteiger partial charge in [-0.2, -0.15) is 0 Å². The summed E-state index contributed by atoms with van der Waals surface area (Å²) in [6.45, 7) is 8.07. The molecular formula is C12H12N4O. The minimum absolute atomic E-state index is 0.391. The Bertz CT molecular complexity index is 501. The lowest BCUT2D eigenvalue weighted by Gasteiger charge is -2.01. The Kier molecular flexibility index (Phi) is 3.71. The SMILES string of the molecule is [C-]#[N+]CCn1cc(COc2ccccc2)nn1. The van der Waals surface area contributed by atoms with Gasteiger partial charge in [0.05, 0.1) is 6.20 Å². The predicted octanol–water partition coefficient (Wildman–Crippen LogP) is 1.78. The van der Waals surface area contributed by atoms with E-state index in [0.29, 0.717) is 19.7 Å². The first-order valence-electron chi connectivity index (χ1n) is 5.28. The first kappa shape index (κ1) is 11.1. The van der Waals surface area contributed by atoms with Crippen LogP contribution >= 0.6 is 0 Å². The zero-order valence-electron chi connectivity index (χ0n) is 9.28. The summed E-state index contributed by atoms with van der Waals surface area (Å²) in [5.74, 6) is 0.809. The van der Waals surface area contributed by atoms with Gasteiger partial charge in [0.25, 0.3) is 0 Å². The van der Waals surface area contributed by atoms with Crippen molar-refractivity contribution < 1.29 is 4.74 Å². The van der Waals surface area contributed by atoms with Gasteiger partial charge in [0.2, 0.25) is 6.54 Å². The van der Waals surface area contributed by atoms with E-state index in [4.69, 9.17) is 11.3 Å². The van der Waals surface area contributed by atoms with Gasteiger partial charge < -0.3 is 9.58 Å². The van der Waals surface area contributed by atoms with Gasteiger partial charge in [-0.25, -0.2) is 11.3 Å². The largest absolute Gasteiger partial charge is 0.487 e. The quantitative estimate of drug-likeness (QED) is 0.733. The maximum absolute atomic E-state index is 6.69. The molecule has 17 heavy (non-hydrogen) atoms. The van der Waals surface area contributed by atoms with Crippen LogP contribution in [-0.2, 0) is 13.2 Å². The Morgan fingerprint density at radius 3 is 2.88 bits per heavy atom. The van der Waals surface area contributed by atoms with Crippen molar-refractivity contribution in [2.45, 2.75) is 13.2 Å². The average Bonchev–Trinajstić information content (AvgIpc) is 2.83. The van der Waals surface area contributed by atoms with E-state index < -0.39 is 0 Å². The molecule has 0 atom stereocenters. The van der Waals surface area contributed by atoms with E-state index in [0.717, 1.165) is 11.4 Å². The Labute approximate surface area is 99.5 Å². The highest BCUT2D eigenvalue weighted by molar-refractivity contribution is 5.21. The van der Waals surface area contributed by atoms with Gasteiger partial charge in [-0.15, -0.1) is 5.10 Å². The van der Waals surface area contributed by atoms with Crippen LogP contribution in [0.4, 0.5) is 0 Å². The second-order valence-corrected chi connectivity index (χ2v) is 3.46. The summed E-state index contributed by atoms with van der Waals surface area (Å²) >= 11 is 0. The molecule has 0 spiro atoms. The smallest absolute Gasteiger partial charge is 0.234 e. The number of aromatic nitrogens is 3. The molecule has 2 aromatic rings. The second kappa shape index (κ2) is 5.66. The summed E-state index contributed by atoms with van der Waals surface area (Å²) < 4.78 is 7.19. The van der Waals surface area contributed by atoms with Crippen molar-refractivity contribution in [3.05, 3.63) is 53.6 Å². The van der Waals surface area contributed by atoms with E-state index in [2.05, 4.69) is 15.2 Å². The fraction of sp³-hybridized carbons (Fsp3) is 0.250. The first-order chi connectivity index (χ1) is 8.38. The van der Waals surface area contributed by atoms with Crippen molar-refractivity contribution in [1.82, 2.24) is 15.0 Å². The summed E-state index contributed by atoms with van der Waals surface area (Å²) in [6, 6.07) is 9.56. The van der Waals surface area contributed by atoms with Crippen molar-refractivity contribution in [2.24, 2.45) is 0 Å². The number of ether oxygens (including phenoxy) is 1. The molecule has 0 amide bonds. The van der Waals surface area contributed by atoms with Crippen LogP contribution < -0.4 is 4.74 Å². The van der Waals surface area contributed by atoms with E-state index in [9.17, 15) is 0 Å². The lowest BCUT2D eigenvalue weighted by Crippen LogP contribution is -2.00. The lowest BCUT2D eigenvalue weighted by molar-refractivity contribution is 0.301. The van der Waals surface area contributed by atoms with Gasteiger partial charge in [-0.05, 0) is 12.1 Å². The third-order valence-corrected chi connectivity index (χ3v) is 2.16. The Hall–Kier alpha value is -2.35. The van der Waals surface area contributed by atoms with Crippen molar-refractivity contribution in [3.63, 3.8) is 0 Å². The van der Waals surface area contributed by atoms with Crippen LogP contribution in [0.5, 0.6) is 5.75 Å². The van der Waals surface area contributed by atoms with E-state index >= 15 is 0 Å². The summed E-state index contributed by atoms with van der Waals surface area (Å²) in [7, 11) is 0. The van der Waals surface area contributed by atoms with Gasteiger partial charge in [-0.3, -0.25) is 0 Å². The molecule has 1 heterocycles. The highest BCUT2D eigenvalue weighted by Gasteiger charge is 2.02. The number of nitrogens with zero attached hydrogens (tertiary/aromatic N) is 4. The van der Waals surface area contributed by atoms with Gasteiger partial charge in [0.1, 0.15) is 24.6 Å². The van der Waals surface area contributed by atoms with Crippen LogP contribution in [-0.4, -0.2) is 21.5 Å². The zero-order valence-corrected chi connectivity index (χ0v) is 9.28. The topological polar surface area (TPSA) is 44.3 Å². The lowest BCUT2D eigenvalue weighted by atomic mass is 10.3. The highest BCUT2D eigenvalue weighted by atomic mass is 16.5. The fourth-order valence-electron chi connectivity index (χ4n) is 1.34. The maximum atomic E-state index is 6.69. The molecule has 1 aromatic heterocycles. The molecule has 1 aromatic carbocycles. The van der Waals surface area contributed by atoms with Crippen LogP contribution in [0.1, 0.15) is 5.69 Å². The molecule has 0 aliphatic rings. The third-order valence-electron chi connectivity index (χ3n) is 2.16. The molecule has 0 saturated heterocycles. The molecular weight excluding hydrogens is 216 g/mol. The van der Waals surface area contributed by atoms with Crippen LogP contribution in [0, 0.1) is 6.57 Å². The zero-order chi connectivity index (χ0) is 11.9. The highest BCUT2D eigenvalue weighted by Crippen LogP contribution is 2.10. The number of hydrogen-bond donors (Lipinski definition) is 0. The maximum Gasteiger partial charge on any atom is 0.234 e. The van der Waals surface area contributed by atoms with Crippen molar-refractivity contribution in [3.8, 4) is 5.75 Å². The Morgan fingerprint density at radius 1 is 1.29 bits per heavy atom. The molecule has 0 aliphatic carbocycles. The minimum Gasteiger partial charge on any atom is -0.487 e. The van der Waals surface area contributed by atoms with Crippen LogP contribution in [0.15, 0.2) is 36.5 Å². The van der Waals surface area contributed by atoms with Gasteiger partial charge >= 0.3 is 0 Å². The average molecular weight is 228 g/mol. The number of hydrogen-bond acceptors (Lipinski definition) is 3. The Morgan fingerprint density at radius 2 is 2.12 bits per heavy atom. The predicted molar refractivity (Wildman–Crippen MR) is 62.3 cm³/mol. The summed E-state index contributed by atoms with van der Waals surface area (Å²) in [5.41, 5.74) is 0.763. The molecule has 2 rings (SSSR count). The molecule has 0 aliphatic heterocycles. The molecule has 0 saturated carbocycles. The van der Waals surface area contributed by atoms with Crippen molar-refractivity contribution in [1.29, 1.82) is 0 Å². The third kappa shape index (κ3) is 3.31. The number of para-hydroxylation sites is 1. The molecule has 0 N–H and O–H groups in total. The summed E-state index contributed by atoms with van der Waals surface area (Å²) in [6.07, 6.45) is 1.80. The minimum atomic E-state index is 0.391. The molecule has 5 heteroatoms. The van der Waals surface area contributed by atoms with Crippen LogP contribution in [0.25, 0.3) is 4.85 Å². The van der Waals surface area contributed by atoms with E-state index in [1.165, 1.54) is 0 Å². The molecule has 0 unspecified atom stereocenters. The molecule has 86 valence electrons. The molecule has 0 bridgehead atoms. The molecule has 5 nitrogen and oxygen atoms in total. The van der Waals surface area contributed by atoms with Gasteiger partial charge in [0.15, 0.2) is 0 Å². The fourth-order valence-corrected chi connectivity index (χ4v) is 1.34. The monoisotopic (exact) mass is 228 g/mol. The van der Waals surface area contributed by atoms with E-state index in [1.54, 1.807) is 10.9 Å². The van der Waals surface area contributed by atoms with Crippen LogP contribution in [0.3, 0.4) is 0 Å².